The zero-order chi connectivity index (χ0) is 17.8. The predicted molar refractivity (Wildman–Crippen MR) is 95.6 cm³/mol. The lowest BCUT2D eigenvalue weighted by Gasteiger charge is -2.12. The number of aromatic nitrogens is 1. The van der Waals surface area contributed by atoms with Crippen LogP contribution in [0, 0.1) is 6.92 Å². The largest absolute Gasteiger partial charge is 0.467 e. The summed E-state index contributed by atoms with van der Waals surface area (Å²) >= 11 is 2.83. The van der Waals surface area contributed by atoms with Gasteiger partial charge >= 0.3 is 5.97 Å². The summed E-state index contributed by atoms with van der Waals surface area (Å²) in [6, 6.07) is 5.44. The molecule has 3 heterocycles. The molecule has 0 aromatic carbocycles. The topological polar surface area (TPSA) is 81.4 Å². The first kappa shape index (κ1) is 17.4. The van der Waals surface area contributed by atoms with E-state index in [2.05, 4.69) is 10.3 Å². The molecule has 6 nitrogen and oxygen atoms in total. The van der Waals surface area contributed by atoms with Gasteiger partial charge in [-0.1, -0.05) is 0 Å². The second-order valence-electron chi connectivity index (χ2n) is 5.29. The number of hydrogen-bond acceptors (Lipinski definition) is 7. The summed E-state index contributed by atoms with van der Waals surface area (Å²) in [5.41, 5.74) is 1.57. The molecule has 1 atom stereocenters. The summed E-state index contributed by atoms with van der Waals surface area (Å²) in [4.78, 5) is 29.2. The average molecular weight is 376 g/mol. The second kappa shape index (κ2) is 7.62. The van der Waals surface area contributed by atoms with Crippen LogP contribution in [0.1, 0.15) is 28.0 Å². The summed E-state index contributed by atoms with van der Waals surface area (Å²) in [5.74, 6) is -0.298. The molecule has 130 valence electrons. The lowest BCUT2D eigenvalue weighted by molar-refractivity contribution is -0.129. The Balaban J connectivity index is 1.60. The third kappa shape index (κ3) is 4.15. The molecule has 0 saturated carbocycles. The van der Waals surface area contributed by atoms with Gasteiger partial charge in [0.25, 0.3) is 5.91 Å². The SMILES string of the molecule is Cc1nc(-c2ccsc2)sc1C(=O)O[C@H](C)C(=O)NCc1ccco1. The van der Waals surface area contributed by atoms with Gasteiger partial charge in [-0.25, -0.2) is 9.78 Å². The number of rotatable bonds is 6. The average Bonchev–Trinajstić information content (AvgIpc) is 3.33. The highest BCUT2D eigenvalue weighted by atomic mass is 32.1. The van der Waals surface area contributed by atoms with Gasteiger partial charge in [0, 0.05) is 10.9 Å². The number of thiophene rings is 1. The van der Waals surface area contributed by atoms with Gasteiger partial charge in [0.05, 0.1) is 18.5 Å². The molecule has 0 spiro atoms. The van der Waals surface area contributed by atoms with E-state index in [9.17, 15) is 9.59 Å². The fourth-order valence-corrected chi connectivity index (χ4v) is 3.75. The van der Waals surface area contributed by atoms with Crippen LogP contribution >= 0.6 is 22.7 Å². The van der Waals surface area contributed by atoms with Gasteiger partial charge < -0.3 is 14.5 Å². The first-order chi connectivity index (χ1) is 12.0. The minimum atomic E-state index is -0.909. The Morgan fingerprint density at radius 2 is 2.24 bits per heavy atom. The van der Waals surface area contributed by atoms with Gasteiger partial charge in [0.1, 0.15) is 15.6 Å². The molecule has 0 saturated heterocycles. The van der Waals surface area contributed by atoms with E-state index >= 15 is 0 Å². The molecule has 0 aliphatic rings. The van der Waals surface area contributed by atoms with E-state index in [0.29, 0.717) is 16.3 Å². The van der Waals surface area contributed by atoms with Crippen LogP contribution in [0.4, 0.5) is 0 Å². The van der Waals surface area contributed by atoms with Crippen LogP contribution in [-0.2, 0) is 16.1 Å². The van der Waals surface area contributed by atoms with Crippen LogP contribution in [0.3, 0.4) is 0 Å². The summed E-state index contributed by atoms with van der Waals surface area (Å²) in [5, 5.41) is 7.35. The van der Waals surface area contributed by atoms with Crippen molar-refractivity contribution in [1.29, 1.82) is 0 Å². The van der Waals surface area contributed by atoms with E-state index in [1.165, 1.54) is 24.5 Å². The zero-order valence-corrected chi connectivity index (χ0v) is 15.3. The van der Waals surface area contributed by atoms with Crippen molar-refractivity contribution >= 4 is 34.6 Å². The molecule has 1 amide bonds. The fourth-order valence-electron chi connectivity index (χ4n) is 2.09. The maximum atomic E-state index is 12.3. The zero-order valence-electron chi connectivity index (χ0n) is 13.6. The van der Waals surface area contributed by atoms with Crippen LogP contribution < -0.4 is 5.32 Å². The van der Waals surface area contributed by atoms with Gasteiger partial charge in [-0.05, 0) is 37.4 Å². The monoisotopic (exact) mass is 376 g/mol. The number of esters is 1. The Bertz CT molecular complexity index is 853. The number of nitrogens with zero attached hydrogens (tertiary/aromatic N) is 1. The number of thiazole rings is 1. The Hall–Kier alpha value is -2.45. The molecule has 0 radical (unpaired) electrons. The third-order valence-corrected chi connectivity index (χ3v) is 5.29. The summed E-state index contributed by atoms with van der Waals surface area (Å²) in [6.45, 7) is 3.53. The second-order valence-corrected chi connectivity index (χ2v) is 7.07. The smallest absolute Gasteiger partial charge is 0.351 e. The molecule has 25 heavy (non-hydrogen) atoms. The summed E-state index contributed by atoms with van der Waals surface area (Å²) in [6.07, 6.45) is 0.622. The van der Waals surface area contributed by atoms with Crippen molar-refractivity contribution in [2.45, 2.75) is 26.5 Å². The Kier molecular flexibility index (Phi) is 5.30. The Labute approximate surface area is 152 Å². The molecule has 3 aromatic heterocycles. The number of amides is 1. The fraction of sp³-hybridized carbons (Fsp3) is 0.235. The predicted octanol–water partition coefficient (Wildman–Crippen LogP) is 3.63. The van der Waals surface area contributed by atoms with Gasteiger partial charge in [-0.15, -0.1) is 11.3 Å². The van der Waals surface area contributed by atoms with E-state index in [1.54, 1.807) is 30.4 Å². The van der Waals surface area contributed by atoms with Crippen molar-refractivity contribution in [2.24, 2.45) is 0 Å². The molecule has 0 unspecified atom stereocenters. The van der Waals surface area contributed by atoms with Crippen LogP contribution in [-0.4, -0.2) is 23.0 Å². The molecule has 0 fully saturated rings. The van der Waals surface area contributed by atoms with E-state index in [-0.39, 0.29) is 12.5 Å². The lowest BCUT2D eigenvalue weighted by atomic mass is 10.3. The highest BCUT2D eigenvalue weighted by molar-refractivity contribution is 7.17. The van der Waals surface area contributed by atoms with Gasteiger partial charge in [0.15, 0.2) is 6.10 Å². The quantitative estimate of drug-likeness (QED) is 0.664. The van der Waals surface area contributed by atoms with Crippen molar-refractivity contribution in [3.63, 3.8) is 0 Å². The minimum absolute atomic E-state index is 0.246. The van der Waals surface area contributed by atoms with Crippen molar-refractivity contribution in [3.8, 4) is 10.6 Å². The van der Waals surface area contributed by atoms with Crippen molar-refractivity contribution in [1.82, 2.24) is 10.3 Å². The molecule has 0 aliphatic carbocycles. The first-order valence-corrected chi connectivity index (χ1v) is 9.31. The van der Waals surface area contributed by atoms with E-state index in [0.717, 1.165) is 10.6 Å². The van der Waals surface area contributed by atoms with Crippen LogP contribution in [0.25, 0.3) is 10.6 Å². The molecule has 0 aliphatic heterocycles. The number of ether oxygens (including phenoxy) is 1. The van der Waals surface area contributed by atoms with Crippen molar-refractivity contribution < 1.29 is 18.7 Å². The Morgan fingerprint density at radius 3 is 2.92 bits per heavy atom. The van der Waals surface area contributed by atoms with E-state index in [1.807, 2.05) is 16.8 Å². The molecular formula is C17H16N2O4S2. The summed E-state index contributed by atoms with van der Waals surface area (Å²) in [7, 11) is 0. The highest BCUT2D eigenvalue weighted by Gasteiger charge is 2.23. The van der Waals surface area contributed by atoms with Crippen LogP contribution in [0.5, 0.6) is 0 Å². The maximum absolute atomic E-state index is 12.3. The van der Waals surface area contributed by atoms with E-state index in [4.69, 9.17) is 9.15 Å². The summed E-state index contributed by atoms with van der Waals surface area (Å²) < 4.78 is 10.4. The number of furan rings is 1. The van der Waals surface area contributed by atoms with Crippen molar-refractivity contribution in [2.75, 3.05) is 0 Å². The van der Waals surface area contributed by atoms with Crippen molar-refractivity contribution in [3.05, 3.63) is 51.6 Å². The molecule has 3 aromatic rings. The molecule has 3 rings (SSSR count). The number of aryl methyl sites for hydroxylation is 1. The molecular weight excluding hydrogens is 360 g/mol. The minimum Gasteiger partial charge on any atom is -0.467 e. The normalized spacial score (nSPS) is 11.9. The van der Waals surface area contributed by atoms with Gasteiger partial charge in [-0.2, -0.15) is 11.3 Å². The van der Waals surface area contributed by atoms with Gasteiger partial charge in [-0.3, -0.25) is 4.79 Å². The standard InChI is InChI=1S/C17H16N2O4S2/c1-10-14(25-16(19-10)12-5-7-24-9-12)17(21)23-11(2)15(20)18-8-13-4-3-6-22-13/h3-7,9,11H,8H2,1-2H3,(H,18,20)/t11-/m1/s1. The third-order valence-electron chi connectivity index (χ3n) is 3.42. The first-order valence-electron chi connectivity index (χ1n) is 7.55. The molecule has 1 N–H and O–H groups in total. The Morgan fingerprint density at radius 1 is 1.40 bits per heavy atom. The number of nitrogens with one attached hydrogen (secondary N) is 1. The molecule has 0 bridgehead atoms. The number of carbonyl (C=O) groups is 2. The number of carbonyl (C=O) groups excluding carboxylic acids is 2. The van der Waals surface area contributed by atoms with Gasteiger partial charge in [0.2, 0.25) is 0 Å². The lowest BCUT2D eigenvalue weighted by Crippen LogP contribution is -2.35. The molecule has 8 heteroatoms. The highest BCUT2D eigenvalue weighted by Crippen LogP contribution is 2.29. The van der Waals surface area contributed by atoms with Crippen LogP contribution in [0.15, 0.2) is 39.6 Å². The van der Waals surface area contributed by atoms with E-state index < -0.39 is 12.1 Å². The maximum Gasteiger partial charge on any atom is 0.351 e. The van der Waals surface area contributed by atoms with Crippen LogP contribution in [0.2, 0.25) is 0 Å². The number of hydrogen-bond donors (Lipinski definition) is 1.